The normalized spacial score (nSPS) is 20.0. The Bertz CT molecular complexity index is 1160. The maximum absolute atomic E-state index is 13.2. The smallest absolute Gasteiger partial charge is 0.240 e. The fraction of sp³-hybridized carbons (Fsp3) is 0.227. The third-order valence-electron chi connectivity index (χ3n) is 5.72. The molecule has 28 heavy (non-hydrogen) atoms. The molecule has 3 aromatic rings. The Kier molecular flexibility index (Phi) is 3.32. The summed E-state index contributed by atoms with van der Waals surface area (Å²) < 4.78 is 1.72. The van der Waals surface area contributed by atoms with Crippen molar-refractivity contribution >= 4 is 23.3 Å². The second kappa shape index (κ2) is 5.55. The summed E-state index contributed by atoms with van der Waals surface area (Å²) in [5.74, 6) is 0.196. The van der Waals surface area contributed by atoms with Crippen LogP contribution in [0.15, 0.2) is 42.6 Å². The van der Waals surface area contributed by atoms with Crippen LogP contribution in [0.25, 0.3) is 5.69 Å². The second-order valence-electron chi connectivity index (χ2n) is 7.75. The van der Waals surface area contributed by atoms with Crippen molar-refractivity contribution in [3.63, 3.8) is 0 Å². The van der Waals surface area contributed by atoms with Crippen LogP contribution in [-0.4, -0.2) is 21.6 Å². The number of aryl methyl sites for hydroxylation is 3. The lowest BCUT2D eigenvalue weighted by Gasteiger charge is -2.31. The molecule has 6 heteroatoms. The van der Waals surface area contributed by atoms with Gasteiger partial charge in [0.15, 0.2) is 0 Å². The number of carbonyl (C=O) groups is 2. The van der Waals surface area contributed by atoms with Crippen LogP contribution in [0.5, 0.6) is 0 Å². The number of rotatable bonds is 1. The number of anilines is 2. The standard InChI is InChI=1S/C22H20N4O2/c1-12-7-13(2)9-15(8-12)26-20-17(11-23-26)22(10-18(27)24-20)16-6-4-5-14(3)19(16)25-21(22)28/h4-9,11H,10H2,1-3H3,(H,24,27)(H,25,28)/t22-/m0/s1. The monoisotopic (exact) mass is 372 g/mol. The number of amides is 2. The van der Waals surface area contributed by atoms with Crippen LogP contribution >= 0.6 is 0 Å². The minimum absolute atomic E-state index is 0.0703. The van der Waals surface area contributed by atoms with Gasteiger partial charge < -0.3 is 10.6 Å². The lowest BCUT2D eigenvalue weighted by Crippen LogP contribution is -2.43. The van der Waals surface area contributed by atoms with E-state index in [9.17, 15) is 9.59 Å². The van der Waals surface area contributed by atoms with E-state index in [1.54, 1.807) is 10.9 Å². The molecule has 2 aliphatic rings. The van der Waals surface area contributed by atoms with Gasteiger partial charge in [0.05, 0.1) is 11.9 Å². The third kappa shape index (κ3) is 2.11. The van der Waals surface area contributed by atoms with E-state index in [1.807, 2.05) is 51.1 Å². The Morgan fingerprint density at radius 3 is 2.50 bits per heavy atom. The summed E-state index contributed by atoms with van der Waals surface area (Å²) in [6.07, 6.45) is 1.78. The molecule has 0 fully saturated rings. The van der Waals surface area contributed by atoms with E-state index in [-0.39, 0.29) is 18.2 Å². The van der Waals surface area contributed by atoms with E-state index in [2.05, 4.69) is 21.8 Å². The Morgan fingerprint density at radius 2 is 1.75 bits per heavy atom. The molecule has 0 aliphatic carbocycles. The van der Waals surface area contributed by atoms with E-state index in [4.69, 9.17) is 0 Å². The summed E-state index contributed by atoms with van der Waals surface area (Å²) in [5.41, 5.74) is 5.38. The fourth-order valence-corrected chi connectivity index (χ4v) is 4.54. The highest BCUT2D eigenvalue weighted by Gasteiger charge is 2.54. The van der Waals surface area contributed by atoms with Crippen molar-refractivity contribution < 1.29 is 9.59 Å². The molecule has 0 radical (unpaired) electrons. The molecular weight excluding hydrogens is 352 g/mol. The molecule has 5 rings (SSSR count). The van der Waals surface area contributed by atoms with Gasteiger partial charge in [-0.15, -0.1) is 0 Å². The van der Waals surface area contributed by atoms with E-state index < -0.39 is 5.41 Å². The lowest BCUT2D eigenvalue weighted by atomic mass is 9.71. The number of nitrogens with zero attached hydrogens (tertiary/aromatic N) is 2. The van der Waals surface area contributed by atoms with E-state index >= 15 is 0 Å². The van der Waals surface area contributed by atoms with Crippen LogP contribution < -0.4 is 10.6 Å². The van der Waals surface area contributed by atoms with Gasteiger partial charge in [-0.25, -0.2) is 4.68 Å². The fourth-order valence-electron chi connectivity index (χ4n) is 4.54. The van der Waals surface area contributed by atoms with Crippen molar-refractivity contribution in [3.05, 3.63) is 70.4 Å². The average molecular weight is 372 g/mol. The summed E-state index contributed by atoms with van der Waals surface area (Å²) in [4.78, 5) is 25.9. The number of carbonyl (C=O) groups excluding carboxylic acids is 2. The van der Waals surface area contributed by atoms with Gasteiger partial charge >= 0.3 is 0 Å². The zero-order valence-electron chi connectivity index (χ0n) is 16.0. The molecule has 2 aromatic carbocycles. The summed E-state index contributed by atoms with van der Waals surface area (Å²) >= 11 is 0. The number of hydrogen-bond acceptors (Lipinski definition) is 3. The molecule has 1 spiro atoms. The van der Waals surface area contributed by atoms with Gasteiger partial charge in [0.2, 0.25) is 11.8 Å². The van der Waals surface area contributed by atoms with Crippen LogP contribution in [0.3, 0.4) is 0 Å². The predicted octanol–water partition coefficient (Wildman–Crippen LogP) is 3.38. The quantitative estimate of drug-likeness (QED) is 0.688. The number of para-hydroxylation sites is 1. The van der Waals surface area contributed by atoms with Crippen LogP contribution in [0.4, 0.5) is 11.5 Å². The van der Waals surface area contributed by atoms with E-state index in [0.29, 0.717) is 5.82 Å². The van der Waals surface area contributed by atoms with Crippen LogP contribution in [0.1, 0.15) is 34.2 Å². The SMILES string of the molecule is Cc1cc(C)cc(-n2ncc3c2NC(=O)C[C@@]32C(=O)Nc3c(C)cccc32)c1. The van der Waals surface area contributed by atoms with Crippen molar-refractivity contribution in [2.75, 3.05) is 10.6 Å². The molecule has 3 heterocycles. The number of fused-ring (bicyclic) bond motifs is 4. The Hall–Kier alpha value is -3.41. The van der Waals surface area contributed by atoms with Gasteiger partial charge in [-0.3, -0.25) is 9.59 Å². The van der Waals surface area contributed by atoms with E-state index in [0.717, 1.165) is 39.2 Å². The first-order valence-electron chi connectivity index (χ1n) is 9.29. The topological polar surface area (TPSA) is 76.0 Å². The lowest BCUT2D eigenvalue weighted by molar-refractivity contribution is -0.125. The first kappa shape index (κ1) is 16.7. The molecule has 0 unspecified atom stereocenters. The maximum Gasteiger partial charge on any atom is 0.240 e. The first-order valence-corrected chi connectivity index (χ1v) is 9.29. The minimum Gasteiger partial charge on any atom is -0.324 e. The zero-order valence-corrected chi connectivity index (χ0v) is 16.0. The maximum atomic E-state index is 13.2. The van der Waals surface area contributed by atoms with Crippen molar-refractivity contribution in [2.24, 2.45) is 0 Å². The molecule has 0 saturated heterocycles. The van der Waals surface area contributed by atoms with Gasteiger partial charge in [-0.2, -0.15) is 5.10 Å². The molecule has 0 bridgehead atoms. The van der Waals surface area contributed by atoms with E-state index in [1.165, 1.54) is 0 Å². The largest absolute Gasteiger partial charge is 0.324 e. The molecule has 140 valence electrons. The molecule has 1 atom stereocenters. The summed E-state index contributed by atoms with van der Waals surface area (Å²) in [7, 11) is 0. The van der Waals surface area contributed by atoms with Crippen LogP contribution in [0.2, 0.25) is 0 Å². The highest BCUT2D eigenvalue weighted by atomic mass is 16.2. The summed E-state index contributed by atoms with van der Waals surface area (Å²) in [5, 5.41) is 10.5. The average Bonchev–Trinajstić information content (AvgIpc) is 3.16. The number of hydrogen-bond donors (Lipinski definition) is 2. The van der Waals surface area contributed by atoms with Gasteiger partial charge in [-0.1, -0.05) is 24.3 Å². The zero-order chi connectivity index (χ0) is 19.6. The van der Waals surface area contributed by atoms with Crippen LogP contribution in [0, 0.1) is 20.8 Å². The Balaban J connectivity index is 1.77. The summed E-state index contributed by atoms with van der Waals surface area (Å²) in [6, 6.07) is 11.9. The molecular formula is C22H20N4O2. The van der Waals surface area contributed by atoms with Crippen molar-refractivity contribution in [3.8, 4) is 5.69 Å². The second-order valence-corrected chi connectivity index (χ2v) is 7.75. The molecule has 2 aliphatic heterocycles. The Labute approximate surface area is 162 Å². The van der Waals surface area contributed by atoms with Gasteiger partial charge in [0.1, 0.15) is 11.2 Å². The highest BCUT2D eigenvalue weighted by Crippen LogP contribution is 2.50. The predicted molar refractivity (Wildman–Crippen MR) is 107 cm³/mol. The minimum atomic E-state index is -1.05. The van der Waals surface area contributed by atoms with Crippen molar-refractivity contribution in [1.82, 2.24) is 9.78 Å². The van der Waals surface area contributed by atoms with Crippen molar-refractivity contribution in [2.45, 2.75) is 32.6 Å². The van der Waals surface area contributed by atoms with Gasteiger partial charge in [-0.05, 0) is 55.2 Å². The van der Waals surface area contributed by atoms with Crippen LogP contribution in [-0.2, 0) is 15.0 Å². The molecule has 2 N–H and O–H groups in total. The number of benzene rings is 2. The molecule has 2 amide bonds. The third-order valence-corrected chi connectivity index (χ3v) is 5.72. The Morgan fingerprint density at radius 1 is 1.00 bits per heavy atom. The molecule has 0 saturated carbocycles. The number of aromatic nitrogens is 2. The van der Waals surface area contributed by atoms with Gasteiger partial charge in [0, 0.05) is 17.7 Å². The number of nitrogens with one attached hydrogen (secondary N) is 2. The first-order chi connectivity index (χ1) is 13.4. The molecule has 6 nitrogen and oxygen atoms in total. The van der Waals surface area contributed by atoms with Gasteiger partial charge in [0.25, 0.3) is 0 Å². The highest BCUT2D eigenvalue weighted by molar-refractivity contribution is 6.15. The molecule has 1 aromatic heterocycles. The van der Waals surface area contributed by atoms with Crippen molar-refractivity contribution in [1.29, 1.82) is 0 Å². The summed E-state index contributed by atoms with van der Waals surface area (Å²) in [6.45, 7) is 6.01.